The van der Waals surface area contributed by atoms with Gasteiger partial charge in [0.05, 0.1) is 32.0 Å². The molecule has 0 spiro atoms. The topological polar surface area (TPSA) is 55.3 Å². The van der Waals surface area contributed by atoms with Crippen molar-refractivity contribution in [2.45, 2.75) is 13.5 Å². The molecule has 1 aromatic carbocycles. The Morgan fingerprint density at radius 3 is 2.82 bits per heavy atom. The predicted molar refractivity (Wildman–Crippen MR) is 118 cm³/mol. The Hall–Kier alpha value is -2.29. The second-order valence-electron chi connectivity index (χ2n) is 5.92. The number of aromatic nitrogens is 2. The van der Waals surface area contributed by atoms with Crippen molar-refractivity contribution in [2.24, 2.45) is 0 Å². The molecule has 0 unspecified atom stereocenters. The lowest BCUT2D eigenvalue weighted by molar-refractivity contribution is 0.0989. The summed E-state index contributed by atoms with van der Waals surface area (Å²) in [6.07, 6.45) is 3.49. The van der Waals surface area contributed by atoms with Gasteiger partial charge in [-0.25, -0.2) is 4.98 Å². The first-order chi connectivity index (χ1) is 13.6. The van der Waals surface area contributed by atoms with Gasteiger partial charge in [0, 0.05) is 12.4 Å². The van der Waals surface area contributed by atoms with Crippen molar-refractivity contribution in [3.05, 3.63) is 69.1 Å². The Kier molecular flexibility index (Phi) is 5.70. The SMILES string of the molecule is CCOc1ccc2nc(N(Cc3cccnc3)C(=O)c3ccc(Br)s3)sc2c1. The first kappa shape index (κ1) is 19.0. The first-order valence-corrected chi connectivity index (χ1v) is 11.1. The fourth-order valence-corrected chi connectivity index (χ4v) is 5.05. The molecule has 5 nitrogen and oxygen atoms in total. The number of ether oxygens (including phenoxy) is 1. The van der Waals surface area contributed by atoms with Gasteiger partial charge in [0.25, 0.3) is 5.91 Å². The Morgan fingerprint density at radius 2 is 2.11 bits per heavy atom. The normalized spacial score (nSPS) is 10.9. The average molecular weight is 474 g/mol. The van der Waals surface area contributed by atoms with E-state index in [4.69, 9.17) is 9.72 Å². The summed E-state index contributed by atoms with van der Waals surface area (Å²) < 4.78 is 7.49. The summed E-state index contributed by atoms with van der Waals surface area (Å²) in [5.41, 5.74) is 1.79. The van der Waals surface area contributed by atoms with Crippen molar-refractivity contribution in [1.29, 1.82) is 0 Å². The van der Waals surface area contributed by atoms with E-state index < -0.39 is 0 Å². The zero-order chi connectivity index (χ0) is 19.5. The van der Waals surface area contributed by atoms with E-state index in [1.165, 1.54) is 22.7 Å². The van der Waals surface area contributed by atoms with E-state index in [1.54, 1.807) is 17.3 Å². The fraction of sp³-hybridized carbons (Fsp3) is 0.150. The molecule has 142 valence electrons. The molecule has 0 fully saturated rings. The number of carbonyl (C=O) groups is 1. The summed E-state index contributed by atoms with van der Waals surface area (Å²) in [4.78, 5) is 24.5. The quantitative estimate of drug-likeness (QED) is 0.357. The van der Waals surface area contributed by atoms with Crippen LogP contribution in [0.25, 0.3) is 10.2 Å². The van der Waals surface area contributed by atoms with Gasteiger partial charge < -0.3 is 4.74 Å². The van der Waals surface area contributed by atoms with Crippen LogP contribution in [0.5, 0.6) is 5.75 Å². The van der Waals surface area contributed by atoms with E-state index in [0.29, 0.717) is 23.2 Å². The highest BCUT2D eigenvalue weighted by atomic mass is 79.9. The zero-order valence-electron chi connectivity index (χ0n) is 15.0. The third kappa shape index (κ3) is 4.09. The number of halogens is 1. The minimum absolute atomic E-state index is 0.0800. The van der Waals surface area contributed by atoms with E-state index in [2.05, 4.69) is 20.9 Å². The van der Waals surface area contributed by atoms with Gasteiger partial charge in [-0.2, -0.15) is 0 Å². The van der Waals surface area contributed by atoms with Crippen molar-refractivity contribution in [1.82, 2.24) is 9.97 Å². The number of benzene rings is 1. The van der Waals surface area contributed by atoms with Crippen LogP contribution in [0.3, 0.4) is 0 Å². The van der Waals surface area contributed by atoms with Crippen molar-refractivity contribution in [3.63, 3.8) is 0 Å². The number of thiophene rings is 1. The van der Waals surface area contributed by atoms with Gasteiger partial charge >= 0.3 is 0 Å². The van der Waals surface area contributed by atoms with Gasteiger partial charge in [-0.3, -0.25) is 14.7 Å². The van der Waals surface area contributed by atoms with Crippen LogP contribution in [-0.2, 0) is 6.54 Å². The highest BCUT2D eigenvalue weighted by Crippen LogP contribution is 2.34. The number of amides is 1. The molecule has 28 heavy (non-hydrogen) atoms. The number of hydrogen-bond acceptors (Lipinski definition) is 6. The monoisotopic (exact) mass is 473 g/mol. The third-order valence-electron chi connectivity index (χ3n) is 3.98. The first-order valence-electron chi connectivity index (χ1n) is 8.63. The summed E-state index contributed by atoms with van der Waals surface area (Å²) >= 11 is 6.33. The average Bonchev–Trinajstić information content (AvgIpc) is 3.32. The number of nitrogens with zero attached hydrogens (tertiary/aromatic N) is 3. The number of thiazole rings is 1. The third-order valence-corrected chi connectivity index (χ3v) is 6.64. The molecule has 0 saturated carbocycles. The van der Waals surface area contributed by atoms with Crippen LogP contribution in [0.4, 0.5) is 5.13 Å². The molecule has 3 heterocycles. The highest BCUT2D eigenvalue weighted by Gasteiger charge is 2.23. The van der Waals surface area contributed by atoms with E-state index >= 15 is 0 Å². The molecule has 0 aliphatic heterocycles. The summed E-state index contributed by atoms with van der Waals surface area (Å²) in [7, 11) is 0. The van der Waals surface area contributed by atoms with Crippen molar-refractivity contribution in [3.8, 4) is 5.75 Å². The van der Waals surface area contributed by atoms with E-state index in [0.717, 1.165) is 25.3 Å². The van der Waals surface area contributed by atoms with Crippen LogP contribution in [0.1, 0.15) is 22.2 Å². The number of rotatable bonds is 6. The van der Waals surface area contributed by atoms with Crippen LogP contribution < -0.4 is 9.64 Å². The second-order valence-corrected chi connectivity index (χ2v) is 9.39. The summed E-state index contributed by atoms with van der Waals surface area (Å²) in [6.45, 7) is 2.96. The molecule has 0 bridgehead atoms. The number of pyridine rings is 1. The van der Waals surface area contributed by atoms with E-state index in [-0.39, 0.29) is 5.91 Å². The largest absolute Gasteiger partial charge is 0.494 e. The molecule has 0 radical (unpaired) electrons. The molecule has 8 heteroatoms. The van der Waals surface area contributed by atoms with Crippen LogP contribution in [0.15, 0.2) is 58.6 Å². The Morgan fingerprint density at radius 1 is 1.21 bits per heavy atom. The Balaban J connectivity index is 1.73. The number of hydrogen-bond donors (Lipinski definition) is 0. The summed E-state index contributed by atoms with van der Waals surface area (Å²) in [5.74, 6) is 0.723. The molecular weight excluding hydrogens is 458 g/mol. The lowest BCUT2D eigenvalue weighted by atomic mass is 10.2. The van der Waals surface area contributed by atoms with Crippen LogP contribution in [0, 0.1) is 0 Å². The maximum atomic E-state index is 13.2. The van der Waals surface area contributed by atoms with Gasteiger partial charge in [-0.05, 0) is 64.8 Å². The fourth-order valence-electron chi connectivity index (χ4n) is 2.73. The van der Waals surface area contributed by atoms with Crippen LogP contribution >= 0.6 is 38.6 Å². The molecule has 1 amide bonds. The molecule has 0 atom stereocenters. The van der Waals surface area contributed by atoms with Gasteiger partial charge in [0.1, 0.15) is 5.75 Å². The standard InChI is InChI=1S/C20H16BrN3O2S2/c1-2-26-14-5-6-15-17(10-14)28-20(23-15)24(12-13-4-3-9-22-11-13)19(25)16-7-8-18(21)27-16/h3-11H,2,12H2,1H3. The molecule has 0 aliphatic rings. The van der Waals surface area contributed by atoms with Gasteiger partial charge in [0.2, 0.25) is 0 Å². The number of anilines is 1. The second kappa shape index (κ2) is 8.38. The minimum Gasteiger partial charge on any atom is -0.494 e. The zero-order valence-corrected chi connectivity index (χ0v) is 18.2. The Labute approximate surface area is 178 Å². The van der Waals surface area contributed by atoms with Crippen LogP contribution in [-0.4, -0.2) is 22.5 Å². The number of fused-ring (bicyclic) bond motifs is 1. The molecule has 0 N–H and O–H groups in total. The summed E-state index contributed by atoms with van der Waals surface area (Å²) in [6, 6.07) is 13.3. The van der Waals surface area contributed by atoms with Crippen molar-refractivity contribution >= 4 is 59.9 Å². The predicted octanol–water partition coefficient (Wildman–Crippen LogP) is 5.76. The maximum Gasteiger partial charge on any atom is 0.270 e. The molecule has 4 aromatic rings. The Bertz CT molecular complexity index is 1110. The summed E-state index contributed by atoms with van der Waals surface area (Å²) in [5, 5.41) is 0.655. The van der Waals surface area contributed by atoms with E-state index in [1.807, 2.05) is 49.4 Å². The molecule has 0 aliphatic carbocycles. The molecular formula is C20H16BrN3O2S2. The van der Waals surface area contributed by atoms with Gasteiger partial charge in [-0.15, -0.1) is 11.3 Å². The molecule has 0 saturated heterocycles. The van der Waals surface area contributed by atoms with Crippen molar-refractivity contribution in [2.75, 3.05) is 11.5 Å². The minimum atomic E-state index is -0.0800. The highest BCUT2D eigenvalue weighted by molar-refractivity contribution is 9.11. The lowest BCUT2D eigenvalue weighted by Gasteiger charge is -2.19. The smallest absolute Gasteiger partial charge is 0.270 e. The molecule has 3 aromatic heterocycles. The maximum absolute atomic E-state index is 13.2. The van der Waals surface area contributed by atoms with Gasteiger partial charge in [-0.1, -0.05) is 17.4 Å². The van der Waals surface area contributed by atoms with E-state index in [9.17, 15) is 4.79 Å². The van der Waals surface area contributed by atoms with Crippen molar-refractivity contribution < 1.29 is 9.53 Å². The lowest BCUT2D eigenvalue weighted by Crippen LogP contribution is -2.29. The van der Waals surface area contributed by atoms with Crippen LogP contribution in [0.2, 0.25) is 0 Å². The van der Waals surface area contributed by atoms with Gasteiger partial charge in [0.15, 0.2) is 5.13 Å². The molecule has 4 rings (SSSR count). The number of carbonyl (C=O) groups excluding carboxylic acids is 1.